The van der Waals surface area contributed by atoms with Crippen molar-refractivity contribution in [2.75, 3.05) is 26.7 Å². The lowest BCUT2D eigenvalue weighted by Gasteiger charge is -2.50. The maximum absolute atomic E-state index is 3.59. The Labute approximate surface area is 136 Å². The Morgan fingerprint density at radius 2 is 1.91 bits per heavy atom. The predicted molar refractivity (Wildman–Crippen MR) is 92.8 cm³/mol. The largest absolute Gasteiger partial charge is 0.317 e. The summed E-state index contributed by atoms with van der Waals surface area (Å²) in [4.78, 5) is 2.87. The van der Waals surface area contributed by atoms with E-state index >= 15 is 0 Å². The Bertz CT molecular complexity index is 443. The van der Waals surface area contributed by atoms with Gasteiger partial charge in [0.1, 0.15) is 0 Å². The van der Waals surface area contributed by atoms with Crippen LogP contribution in [0.4, 0.5) is 0 Å². The second kappa shape index (κ2) is 5.63. The van der Waals surface area contributed by atoms with Crippen LogP contribution in [0.1, 0.15) is 52.4 Å². The summed E-state index contributed by atoms with van der Waals surface area (Å²) >= 11 is 0. The Hall–Kier alpha value is -0.340. The number of fused-ring (bicyclic) bond motifs is 4. The molecule has 0 spiro atoms. The smallest absolute Gasteiger partial charge is 0.0107 e. The molecule has 22 heavy (non-hydrogen) atoms. The number of nitrogens with one attached hydrogen (secondary N) is 1. The SMILES string of the molecule is CNC1CC2=CC(C)CC(CN3CC4CCC(C3)C4C)(C2)C1. The summed E-state index contributed by atoms with van der Waals surface area (Å²) in [6, 6.07) is 0.716. The van der Waals surface area contributed by atoms with Crippen molar-refractivity contribution < 1.29 is 0 Å². The van der Waals surface area contributed by atoms with Crippen LogP contribution in [-0.2, 0) is 0 Å². The fraction of sp³-hybridized carbons (Fsp3) is 0.900. The molecule has 4 bridgehead atoms. The molecule has 1 aliphatic heterocycles. The van der Waals surface area contributed by atoms with Crippen LogP contribution in [0.5, 0.6) is 0 Å². The summed E-state index contributed by atoms with van der Waals surface area (Å²) in [6.45, 7) is 9.09. The van der Waals surface area contributed by atoms with E-state index in [1.807, 2.05) is 0 Å². The number of nitrogens with zero attached hydrogens (tertiary/aromatic N) is 1. The molecular formula is C20H34N2. The average molecular weight is 303 g/mol. The zero-order valence-electron chi connectivity index (χ0n) is 14.8. The first-order valence-electron chi connectivity index (χ1n) is 9.66. The summed E-state index contributed by atoms with van der Waals surface area (Å²) in [5.41, 5.74) is 2.31. The van der Waals surface area contributed by atoms with Crippen molar-refractivity contribution in [1.82, 2.24) is 10.2 Å². The number of likely N-dealkylation sites (tertiary alicyclic amines) is 1. The molecule has 1 N–H and O–H groups in total. The van der Waals surface area contributed by atoms with Crippen molar-refractivity contribution in [1.29, 1.82) is 0 Å². The third-order valence-corrected chi connectivity index (χ3v) is 7.41. The van der Waals surface area contributed by atoms with Crippen LogP contribution in [0.2, 0.25) is 0 Å². The van der Waals surface area contributed by atoms with E-state index in [1.165, 1.54) is 58.2 Å². The molecule has 1 heterocycles. The minimum absolute atomic E-state index is 0.565. The third-order valence-electron chi connectivity index (χ3n) is 7.41. The van der Waals surface area contributed by atoms with Gasteiger partial charge < -0.3 is 10.2 Å². The van der Waals surface area contributed by atoms with E-state index in [4.69, 9.17) is 0 Å². The lowest BCUT2D eigenvalue weighted by atomic mass is 9.62. The molecule has 2 heteroatoms. The van der Waals surface area contributed by atoms with Crippen LogP contribution in [0.3, 0.4) is 0 Å². The van der Waals surface area contributed by atoms with Gasteiger partial charge in [0.15, 0.2) is 0 Å². The van der Waals surface area contributed by atoms with Crippen LogP contribution in [0, 0.1) is 29.1 Å². The minimum atomic E-state index is 0.565. The lowest BCUT2D eigenvalue weighted by Crippen LogP contribution is -2.51. The van der Waals surface area contributed by atoms with Gasteiger partial charge in [-0.3, -0.25) is 0 Å². The second-order valence-electron chi connectivity index (χ2n) is 9.23. The van der Waals surface area contributed by atoms with E-state index in [1.54, 1.807) is 5.57 Å². The molecule has 2 saturated carbocycles. The molecule has 0 radical (unpaired) electrons. The molecular weight excluding hydrogens is 268 g/mol. The Kier molecular flexibility index (Phi) is 3.89. The summed E-state index contributed by atoms with van der Waals surface area (Å²) in [5, 5.41) is 3.59. The van der Waals surface area contributed by atoms with E-state index in [0.29, 0.717) is 11.5 Å². The molecule has 2 nitrogen and oxygen atoms in total. The van der Waals surface area contributed by atoms with Crippen molar-refractivity contribution in [2.24, 2.45) is 29.1 Å². The molecule has 5 atom stereocenters. The van der Waals surface area contributed by atoms with Gasteiger partial charge in [-0.15, -0.1) is 0 Å². The Morgan fingerprint density at radius 3 is 2.59 bits per heavy atom. The molecule has 4 aliphatic rings. The standard InChI is InChI=1S/C20H34N2/c1-14-6-16-7-19(21-3)10-20(8-14,9-16)13-22-11-17-4-5-18(12-22)15(17)2/h6,14-15,17-19,21H,4-5,7-13H2,1-3H3. The van der Waals surface area contributed by atoms with Gasteiger partial charge in [0.2, 0.25) is 0 Å². The first-order valence-corrected chi connectivity index (χ1v) is 9.66. The molecule has 4 rings (SSSR count). The summed E-state index contributed by atoms with van der Waals surface area (Å²) < 4.78 is 0. The third kappa shape index (κ3) is 2.67. The molecule has 3 aliphatic carbocycles. The van der Waals surface area contributed by atoms with Gasteiger partial charge >= 0.3 is 0 Å². The van der Waals surface area contributed by atoms with Crippen molar-refractivity contribution in [3.05, 3.63) is 11.6 Å². The van der Waals surface area contributed by atoms with Crippen molar-refractivity contribution in [2.45, 2.75) is 58.4 Å². The van der Waals surface area contributed by atoms with E-state index in [-0.39, 0.29) is 0 Å². The highest BCUT2D eigenvalue weighted by Crippen LogP contribution is 2.50. The monoisotopic (exact) mass is 302 g/mol. The summed E-state index contributed by atoms with van der Waals surface area (Å²) in [6.07, 6.45) is 11.1. The second-order valence-corrected chi connectivity index (χ2v) is 9.23. The predicted octanol–water partition coefficient (Wildman–Crippen LogP) is 3.69. The van der Waals surface area contributed by atoms with Crippen molar-refractivity contribution >= 4 is 0 Å². The highest BCUT2D eigenvalue weighted by atomic mass is 15.2. The van der Waals surface area contributed by atoms with Crippen molar-refractivity contribution in [3.63, 3.8) is 0 Å². The molecule has 0 aromatic rings. The fourth-order valence-corrected chi connectivity index (χ4v) is 6.55. The zero-order valence-corrected chi connectivity index (χ0v) is 14.8. The molecule has 0 amide bonds. The number of hydrogen-bond acceptors (Lipinski definition) is 2. The van der Waals surface area contributed by atoms with Gasteiger partial charge in [-0.25, -0.2) is 0 Å². The van der Waals surface area contributed by atoms with Crippen LogP contribution < -0.4 is 5.32 Å². The van der Waals surface area contributed by atoms with Gasteiger partial charge in [0.25, 0.3) is 0 Å². The first-order chi connectivity index (χ1) is 10.6. The van der Waals surface area contributed by atoms with Crippen molar-refractivity contribution in [3.8, 4) is 0 Å². The van der Waals surface area contributed by atoms with Gasteiger partial charge in [-0.2, -0.15) is 0 Å². The molecule has 124 valence electrons. The fourth-order valence-electron chi connectivity index (χ4n) is 6.55. The van der Waals surface area contributed by atoms with Gasteiger partial charge in [-0.05, 0) is 74.7 Å². The van der Waals surface area contributed by atoms with Crippen LogP contribution in [-0.4, -0.2) is 37.6 Å². The van der Waals surface area contributed by atoms with E-state index < -0.39 is 0 Å². The summed E-state index contributed by atoms with van der Waals surface area (Å²) in [7, 11) is 2.16. The number of piperidine rings is 1. The van der Waals surface area contributed by atoms with Gasteiger partial charge in [0, 0.05) is 25.7 Å². The van der Waals surface area contributed by atoms with E-state index in [0.717, 1.165) is 23.7 Å². The molecule has 0 aromatic heterocycles. The average Bonchev–Trinajstić information content (AvgIpc) is 2.68. The topological polar surface area (TPSA) is 15.3 Å². The lowest BCUT2D eigenvalue weighted by molar-refractivity contribution is 0.0381. The maximum atomic E-state index is 3.59. The molecule has 1 saturated heterocycles. The van der Waals surface area contributed by atoms with E-state index in [2.05, 4.69) is 37.2 Å². The zero-order chi connectivity index (χ0) is 15.3. The normalized spacial score (nSPS) is 48.3. The van der Waals surface area contributed by atoms with Crippen LogP contribution in [0.15, 0.2) is 11.6 Å². The first kappa shape index (κ1) is 15.2. The minimum Gasteiger partial charge on any atom is -0.317 e. The number of rotatable bonds is 3. The van der Waals surface area contributed by atoms with E-state index in [9.17, 15) is 0 Å². The highest BCUT2D eigenvalue weighted by molar-refractivity contribution is 5.19. The Balaban J connectivity index is 1.50. The van der Waals surface area contributed by atoms with Crippen LogP contribution >= 0.6 is 0 Å². The van der Waals surface area contributed by atoms with Crippen LogP contribution in [0.25, 0.3) is 0 Å². The van der Waals surface area contributed by atoms with Gasteiger partial charge in [0.05, 0.1) is 0 Å². The number of hydrogen-bond donors (Lipinski definition) is 1. The highest BCUT2D eigenvalue weighted by Gasteiger charge is 2.45. The quantitative estimate of drug-likeness (QED) is 0.800. The number of allylic oxidation sites excluding steroid dienone is 1. The van der Waals surface area contributed by atoms with Gasteiger partial charge in [-0.1, -0.05) is 25.5 Å². The Morgan fingerprint density at radius 1 is 1.18 bits per heavy atom. The molecule has 5 unspecified atom stereocenters. The molecule has 3 fully saturated rings. The molecule has 0 aromatic carbocycles. The summed E-state index contributed by atoms with van der Waals surface area (Å²) in [5.74, 6) is 3.78. The maximum Gasteiger partial charge on any atom is 0.0107 e.